The van der Waals surface area contributed by atoms with Gasteiger partial charge >= 0.3 is 0 Å². The first-order valence-corrected chi connectivity index (χ1v) is 7.52. The normalized spacial score (nSPS) is 16.1. The zero-order valence-corrected chi connectivity index (χ0v) is 12.1. The van der Waals surface area contributed by atoms with Crippen LogP contribution in [0.3, 0.4) is 0 Å². The molecule has 4 heteroatoms. The minimum absolute atomic E-state index is 0.560. The maximum atomic E-state index is 5.51. The van der Waals surface area contributed by atoms with Crippen LogP contribution in [0, 0.1) is 0 Å². The van der Waals surface area contributed by atoms with Gasteiger partial charge in [0.05, 0.1) is 5.71 Å². The van der Waals surface area contributed by atoms with Crippen LogP contribution in [0.5, 0.6) is 0 Å². The van der Waals surface area contributed by atoms with Gasteiger partial charge in [-0.25, -0.2) is 0 Å². The van der Waals surface area contributed by atoms with Crippen LogP contribution >= 0.6 is 0 Å². The highest BCUT2D eigenvalue weighted by molar-refractivity contribution is 5.84. The average Bonchev–Trinajstić information content (AvgIpc) is 2.50. The molecule has 1 aliphatic heterocycles. The number of benzene rings is 1. The van der Waals surface area contributed by atoms with Crippen LogP contribution in [-0.2, 0) is 11.4 Å². The van der Waals surface area contributed by atoms with Crippen LogP contribution in [0.1, 0.15) is 31.2 Å². The van der Waals surface area contributed by atoms with Gasteiger partial charge in [0, 0.05) is 25.9 Å². The standard InChI is InChI=1S/C16H25N3O/c17-10-4-5-11-19-12-8-16(9-13-19)18-20-14-15-6-2-1-3-7-15/h1-3,6-7H,4-5,8-14,17H2. The molecule has 1 aromatic rings. The molecule has 0 saturated carbocycles. The van der Waals surface area contributed by atoms with E-state index in [9.17, 15) is 0 Å². The summed E-state index contributed by atoms with van der Waals surface area (Å²) in [5.41, 5.74) is 7.87. The Balaban J connectivity index is 1.64. The molecule has 0 aromatic heterocycles. The molecular formula is C16H25N3O. The maximum Gasteiger partial charge on any atom is 0.142 e. The van der Waals surface area contributed by atoms with E-state index in [-0.39, 0.29) is 0 Å². The Morgan fingerprint density at radius 3 is 2.55 bits per heavy atom. The summed E-state index contributed by atoms with van der Waals surface area (Å²) < 4.78 is 0. The molecule has 1 aromatic carbocycles. The van der Waals surface area contributed by atoms with Crippen LogP contribution in [-0.4, -0.2) is 36.8 Å². The smallest absolute Gasteiger partial charge is 0.142 e. The second-order valence-electron chi connectivity index (χ2n) is 5.25. The fraction of sp³-hybridized carbons (Fsp3) is 0.562. The predicted molar refractivity (Wildman–Crippen MR) is 82.6 cm³/mol. The summed E-state index contributed by atoms with van der Waals surface area (Å²) in [4.78, 5) is 7.94. The molecule has 1 aliphatic rings. The molecule has 1 saturated heterocycles. The first-order chi connectivity index (χ1) is 9.88. The first kappa shape index (κ1) is 15.0. The summed E-state index contributed by atoms with van der Waals surface area (Å²) in [6.45, 7) is 4.71. The van der Waals surface area contributed by atoms with E-state index < -0.39 is 0 Å². The summed E-state index contributed by atoms with van der Waals surface area (Å²) >= 11 is 0. The summed E-state index contributed by atoms with van der Waals surface area (Å²) in [7, 11) is 0. The molecule has 110 valence electrons. The van der Waals surface area contributed by atoms with Crippen molar-refractivity contribution in [3.8, 4) is 0 Å². The average molecular weight is 275 g/mol. The Morgan fingerprint density at radius 1 is 1.10 bits per heavy atom. The van der Waals surface area contributed by atoms with Gasteiger partial charge < -0.3 is 15.5 Å². The van der Waals surface area contributed by atoms with E-state index in [0.717, 1.165) is 51.0 Å². The Morgan fingerprint density at radius 2 is 1.85 bits per heavy atom. The van der Waals surface area contributed by atoms with Crippen molar-refractivity contribution in [3.05, 3.63) is 35.9 Å². The molecule has 2 rings (SSSR count). The first-order valence-electron chi connectivity index (χ1n) is 7.52. The van der Waals surface area contributed by atoms with Gasteiger partial charge in [0.15, 0.2) is 0 Å². The lowest BCUT2D eigenvalue weighted by Crippen LogP contribution is -2.34. The lowest BCUT2D eigenvalue weighted by molar-refractivity contribution is 0.127. The lowest BCUT2D eigenvalue weighted by Gasteiger charge is -2.27. The molecule has 0 bridgehead atoms. The minimum Gasteiger partial charge on any atom is -0.391 e. The second-order valence-corrected chi connectivity index (χ2v) is 5.25. The van der Waals surface area contributed by atoms with Crippen molar-refractivity contribution in [1.29, 1.82) is 0 Å². The molecule has 0 radical (unpaired) electrons. The molecule has 2 N–H and O–H groups in total. The molecule has 0 spiro atoms. The molecule has 0 amide bonds. The van der Waals surface area contributed by atoms with Gasteiger partial charge in [-0.05, 0) is 31.5 Å². The zero-order chi connectivity index (χ0) is 14.0. The number of nitrogens with zero attached hydrogens (tertiary/aromatic N) is 2. The number of likely N-dealkylation sites (tertiary alicyclic amines) is 1. The predicted octanol–water partition coefficient (Wildman–Crippen LogP) is 2.39. The van der Waals surface area contributed by atoms with E-state index in [4.69, 9.17) is 10.6 Å². The number of piperidine rings is 1. The van der Waals surface area contributed by atoms with E-state index in [1.165, 1.54) is 12.1 Å². The molecule has 1 fully saturated rings. The third kappa shape index (κ3) is 5.31. The Bertz CT molecular complexity index is 395. The third-order valence-electron chi connectivity index (χ3n) is 3.63. The summed E-state index contributed by atoms with van der Waals surface area (Å²) in [6.07, 6.45) is 4.37. The number of oxime groups is 1. The van der Waals surface area contributed by atoms with Crippen molar-refractivity contribution in [2.45, 2.75) is 32.3 Å². The monoisotopic (exact) mass is 275 g/mol. The molecular weight excluding hydrogens is 250 g/mol. The van der Waals surface area contributed by atoms with Crippen molar-refractivity contribution in [2.24, 2.45) is 10.9 Å². The molecule has 0 unspecified atom stereocenters. The van der Waals surface area contributed by atoms with Gasteiger partial charge in [-0.15, -0.1) is 0 Å². The third-order valence-corrected chi connectivity index (χ3v) is 3.63. The van der Waals surface area contributed by atoms with Crippen molar-refractivity contribution in [3.63, 3.8) is 0 Å². The molecule has 4 nitrogen and oxygen atoms in total. The van der Waals surface area contributed by atoms with Crippen molar-refractivity contribution < 1.29 is 4.84 Å². The summed E-state index contributed by atoms with van der Waals surface area (Å²) in [5.74, 6) is 0. The SMILES string of the molecule is NCCCCN1CCC(=NOCc2ccccc2)CC1. The topological polar surface area (TPSA) is 50.8 Å². The van der Waals surface area contributed by atoms with E-state index in [0.29, 0.717) is 6.61 Å². The van der Waals surface area contributed by atoms with E-state index in [2.05, 4.69) is 22.2 Å². The minimum atomic E-state index is 0.560. The van der Waals surface area contributed by atoms with Gasteiger partial charge in [0.2, 0.25) is 0 Å². The Hall–Kier alpha value is -1.39. The van der Waals surface area contributed by atoms with Gasteiger partial charge in [-0.1, -0.05) is 35.5 Å². The number of hydrogen-bond acceptors (Lipinski definition) is 4. The summed E-state index contributed by atoms with van der Waals surface area (Å²) in [6, 6.07) is 10.2. The van der Waals surface area contributed by atoms with E-state index in [1.807, 2.05) is 18.2 Å². The fourth-order valence-electron chi connectivity index (χ4n) is 2.38. The lowest BCUT2D eigenvalue weighted by atomic mass is 10.1. The van der Waals surface area contributed by atoms with Gasteiger partial charge in [-0.3, -0.25) is 0 Å². The molecule has 20 heavy (non-hydrogen) atoms. The fourth-order valence-corrected chi connectivity index (χ4v) is 2.38. The summed E-state index contributed by atoms with van der Waals surface area (Å²) in [5, 5.41) is 4.28. The largest absolute Gasteiger partial charge is 0.391 e. The van der Waals surface area contributed by atoms with Gasteiger partial charge in [-0.2, -0.15) is 0 Å². The molecule has 1 heterocycles. The van der Waals surface area contributed by atoms with Crippen LogP contribution in [0.15, 0.2) is 35.5 Å². The van der Waals surface area contributed by atoms with E-state index >= 15 is 0 Å². The van der Waals surface area contributed by atoms with E-state index in [1.54, 1.807) is 0 Å². The van der Waals surface area contributed by atoms with Crippen LogP contribution in [0.25, 0.3) is 0 Å². The second kappa shape index (κ2) is 8.72. The van der Waals surface area contributed by atoms with Crippen LogP contribution in [0.2, 0.25) is 0 Å². The number of unbranched alkanes of at least 4 members (excludes halogenated alkanes) is 1. The highest BCUT2D eigenvalue weighted by Gasteiger charge is 2.14. The van der Waals surface area contributed by atoms with Crippen molar-refractivity contribution in [1.82, 2.24) is 4.90 Å². The van der Waals surface area contributed by atoms with Crippen LogP contribution < -0.4 is 5.73 Å². The molecule has 0 aliphatic carbocycles. The maximum absolute atomic E-state index is 5.51. The highest BCUT2D eigenvalue weighted by atomic mass is 16.6. The van der Waals surface area contributed by atoms with Crippen LogP contribution in [0.4, 0.5) is 0 Å². The Labute approximate surface area is 121 Å². The van der Waals surface area contributed by atoms with Gasteiger partial charge in [0.25, 0.3) is 0 Å². The van der Waals surface area contributed by atoms with Gasteiger partial charge in [0.1, 0.15) is 6.61 Å². The van der Waals surface area contributed by atoms with Crippen molar-refractivity contribution in [2.75, 3.05) is 26.2 Å². The quantitative estimate of drug-likeness (QED) is 0.614. The number of rotatable bonds is 7. The number of hydrogen-bond donors (Lipinski definition) is 1. The molecule has 0 atom stereocenters. The Kier molecular flexibility index (Phi) is 6.54. The zero-order valence-electron chi connectivity index (χ0n) is 12.1. The highest BCUT2D eigenvalue weighted by Crippen LogP contribution is 2.09. The number of nitrogens with two attached hydrogens (primary N) is 1. The van der Waals surface area contributed by atoms with Crippen molar-refractivity contribution >= 4 is 5.71 Å².